The molecular formula is C21H23NO5. The number of aryl methyl sites for hydroxylation is 1. The predicted molar refractivity (Wildman–Crippen MR) is 104 cm³/mol. The molecule has 0 aliphatic rings. The zero-order chi connectivity index (χ0) is 19.8. The highest BCUT2D eigenvalue weighted by molar-refractivity contribution is 6.15. The molecule has 142 valence electrons. The maximum Gasteiger partial charge on any atom is 0.339 e. The molecule has 1 N–H and O–H groups in total. The number of aliphatic carboxylic acids is 1. The van der Waals surface area contributed by atoms with Crippen molar-refractivity contribution in [2.75, 3.05) is 14.2 Å². The quantitative estimate of drug-likeness (QED) is 0.329. The highest BCUT2D eigenvalue weighted by Gasteiger charge is 2.15. The van der Waals surface area contributed by atoms with Gasteiger partial charge < -0.3 is 19.4 Å². The van der Waals surface area contributed by atoms with Crippen LogP contribution in [0.5, 0.6) is 5.75 Å². The van der Waals surface area contributed by atoms with E-state index in [2.05, 4.69) is 5.16 Å². The monoisotopic (exact) mass is 369 g/mol. The van der Waals surface area contributed by atoms with Crippen LogP contribution in [-0.4, -0.2) is 31.0 Å². The average Bonchev–Trinajstić information content (AvgIpc) is 2.65. The summed E-state index contributed by atoms with van der Waals surface area (Å²) >= 11 is 0. The number of carboxylic acids is 1. The molecule has 0 aromatic heterocycles. The third-order valence-electron chi connectivity index (χ3n) is 3.98. The first-order valence-electron chi connectivity index (χ1n) is 8.34. The van der Waals surface area contributed by atoms with Gasteiger partial charge in [-0.15, -0.1) is 0 Å². The van der Waals surface area contributed by atoms with Gasteiger partial charge in [0, 0.05) is 0 Å². The Kier molecular flexibility index (Phi) is 7.00. The SMILES string of the molecule is CO/C=C(\C(=O)O)c1ccccc1COc1ccc(/C(C)=N/OC)cc1C. The van der Waals surface area contributed by atoms with Crippen molar-refractivity contribution in [1.29, 1.82) is 0 Å². The van der Waals surface area contributed by atoms with Gasteiger partial charge in [0.15, 0.2) is 0 Å². The minimum atomic E-state index is -1.06. The van der Waals surface area contributed by atoms with Crippen LogP contribution in [0.25, 0.3) is 5.57 Å². The van der Waals surface area contributed by atoms with Crippen molar-refractivity contribution in [3.8, 4) is 5.75 Å². The highest BCUT2D eigenvalue weighted by atomic mass is 16.6. The van der Waals surface area contributed by atoms with E-state index in [9.17, 15) is 9.90 Å². The number of carbonyl (C=O) groups is 1. The van der Waals surface area contributed by atoms with Crippen LogP contribution in [0.1, 0.15) is 29.2 Å². The van der Waals surface area contributed by atoms with Gasteiger partial charge in [-0.05, 0) is 54.3 Å². The molecule has 2 aromatic rings. The fourth-order valence-electron chi connectivity index (χ4n) is 2.64. The third kappa shape index (κ3) is 5.10. The van der Waals surface area contributed by atoms with Crippen LogP contribution in [0, 0.1) is 6.92 Å². The Hall–Kier alpha value is -3.28. The third-order valence-corrected chi connectivity index (χ3v) is 3.98. The number of hydrogen-bond acceptors (Lipinski definition) is 5. The Morgan fingerprint density at radius 2 is 1.93 bits per heavy atom. The molecule has 0 saturated heterocycles. The van der Waals surface area contributed by atoms with Gasteiger partial charge in [-0.3, -0.25) is 0 Å². The van der Waals surface area contributed by atoms with E-state index in [-0.39, 0.29) is 12.2 Å². The van der Waals surface area contributed by atoms with E-state index in [0.717, 1.165) is 22.4 Å². The summed E-state index contributed by atoms with van der Waals surface area (Å²) in [4.78, 5) is 16.3. The fourth-order valence-corrected chi connectivity index (χ4v) is 2.64. The van der Waals surface area contributed by atoms with Crippen LogP contribution in [0.2, 0.25) is 0 Å². The van der Waals surface area contributed by atoms with Gasteiger partial charge in [0.25, 0.3) is 0 Å². The molecule has 0 spiro atoms. The fraction of sp³-hybridized carbons (Fsp3) is 0.238. The zero-order valence-corrected chi connectivity index (χ0v) is 15.9. The first-order chi connectivity index (χ1) is 13.0. The predicted octanol–water partition coefficient (Wildman–Crippen LogP) is 4.02. The first-order valence-corrected chi connectivity index (χ1v) is 8.34. The standard InChI is InChI=1S/C21H23NO5/c1-14-11-16(15(2)22-26-4)9-10-20(14)27-12-17-7-5-6-8-18(17)19(13-25-3)21(23)24/h5-11,13H,12H2,1-4H3,(H,23,24)/b19-13-,22-15+. The largest absolute Gasteiger partial charge is 0.503 e. The van der Waals surface area contributed by atoms with E-state index in [1.807, 2.05) is 44.2 Å². The lowest BCUT2D eigenvalue weighted by Gasteiger charge is -2.14. The van der Waals surface area contributed by atoms with Gasteiger partial charge in [-0.1, -0.05) is 29.4 Å². The Bertz CT molecular complexity index is 871. The molecular weight excluding hydrogens is 346 g/mol. The molecule has 0 atom stereocenters. The average molecular weight is 369 g/mol. The number of carboxylic acid groups (broad SMARTS) is 1. The van der Waals surface area contributed by atoms with Crippen LogP contribution >= 0.6 is 0 Å². The maximum atomic E-state index is 11.5. The second-order valence-corrected chi connectivity index (χ2v) is 5.86. The van der Waals surface area contributed by atoms with Gasteiger partial charge in [-0.25, -0.2) is 4.79 Å². The van der Waals surface area contributed by atoms with Crippen LogP contribution in [0.3, 0.4) is 0 Å². The normalized spacial score (nSPS) is 11.9. The summed E-state index contributed by atoms with van der Waals surface area (Å²) in [5.74, 6) is -0.343. The van der Waals surface area contributed by atoms with Crippen molar-refractivity contribution in [3.63, 3.8) is 0 Å². The van der Waals surface area contributed by atoms with Crippen molar-refractivity contribution >= 4 is 17.3 Å². The lowest BCUT2D eigenvalue weighted by atomic mass is 10.0. The Morgan fingerprint density at radius 1 is 1.19 bits per heavy atom. The number of rotatable bonds is 8. The first kappa shape index (κ1) is 20.0. The van der Waals surface area contributed by atoms with Crippen molar-refractivity contribution in [1.82, 2.24) is 0 Å². The number of ether oxygens (including phenoxy) is 2. The van der Waals surface area contributed by atoms with E-state index in [1.54, 1.807) is 12.1 Å². The lowest BCUT2D eigenvalue weighted by Crippen LogP contribution is -2.06. The maximum absolute atomic E-state index is 11.5. The summed E-state index contributed by atoms with van der Waals surface area (Å²) in [5.41, 5.74) is 4.05. The van der Waals surface area contributed by atoms with E-state index >= 15 is 0 Å². The van der Waals surface area contributed by atoms with E-state index in [1.165, 1.54) is 20.5 Å². The molecule has 0 aliphatic carbocycles. The van der Waals surface area contributed by atoms with Gasteiger partial charge in [0.2, 0.25) is 0 Å². The number of methoxy groups -OCH3 is 1. The molecule has 0 fully saturated rings. The highest BCUT2D eigenvalue weighted by Crippen LogP contribution is 2.24. The number of oxime groups is 1. The molecule has 0 radical (unpaired) electrons. The molecule has 6 heteroatoms. The number of hydrogen-bond donors (Lipinski definition) is 1. The van der Waals surface area contributed by atoms with Gasteiger partial charge in [0.05, 0.1) is 19.1 Å². The van der Waals surface area contributed by atoms with Crippen LogP contribution in [0.4, 0.5) is 0 Å². The summed E-state index contributed by atoms with van der Waals surface area (Å²) < 4.78 is 10.8. The van der Waals surface area contributed by atoms with Gasteiger partial charge in [0.1, 0.15) is 25.0 Å². The van der Waals surface area contributed by atoms with E-state index in [4.69, 9.17) is 14.3 Å². The van der Waals surface area contributed by atoms with Crippen molar-refractivity contribution in [3.05, 3.63) is 71.0 Å². The number of nitrogens with zero attached hydrogens (tertiary/aromatic N) is 1. The zero-order valence-electron chi connectivity index (χ0n) is 15.9. The van der Waals surface area contributed by atoms with Gasteiger partial charge in [-0.2, -0.15) is 0 Å². The molecule has 6 nitrogen and oxygen atoms in total. The molecule has 27 heavy (non-hydrogen) atoms. The molecule has 0 bridgehead atoms. The van der Waals surface area contributed by atoms with Crippen LogP contribution in [0.15, 0.2) is 53.9 Å². The lowest BCUT2D eigenvalue weighted by molar-refractivity contribution is -0.130. The van der Waals surface area contributed by atoms with Crippen LogP contribution < -0.4 is 4.74 Å². The molecule has 0 amide bonds. The van der Waals surface area contributed by atoms with Gasteiger partial charge >= 0.3 is 5.97 Å². The minimum Gasteiger partial charge on any atom is -0.503 e. The molecule has 0 unspecified atom stereocenters. The number of benzene rings is 2. The van der Waals surface area contributed by atoms with Crippen molar-refractivity contribution < 1.29 is 24.2 Å². The van der Waals surface area contributed by atoms with Crippen molar-refractivity contribution in [2.24, 2.45) is 5.16 Å². The Morgan fingerprint density at radius 3 is 2.56 bits per heavy atom. The summed E-state index contributed by atoms with van der Waals surface area (Å²) in [6.45, 7) is 4.04. The summed E-state index contributed by atoms with van der Waals surface area (Å²) in [6.07, 6.45) is 1.22. The summed E-state index contributed by atoms with van der Waals surface area (Å²) in [6, 6.07) is 12.9. The summed E-state index contributed by atoms with van der Waals surface area (Å²) in [5, 5.41) is 13.4. The second-order valence-electron chi connectivity index (χ2n) is 5.86. The molecule has 2 rings (SSSR count). The minimum absolute atomic E-state index is 0.0789. The summed E-state index contributed by atoms with van der Waals surface area (Å²) in [7, 11) is 2.93. The Balaban J connectivity index is 2.24. The Labute approximate surface area is 158 Å². The van der Waals surface area contributed by atoms with E-state index < -0.39 is 5.97 Å². The molecule has 2 aromatic carbocycles. The topological polar surface area (TPSA) is 77.4 Å². The van der Waals surface area contributed by atoms with Crippen molar-refractivity contribution in [2.45, 2.75) is 20.5 Å². The molecule has 0 heterocycles. The van der Waals surface area contributed by atoms with Crippen LogP contribution in [-0.2, 0) is 21.0 Å². The molecule has 0 aliphatic heterocycles. The smallest absolute Gasteiger partial charge is 0.339 e. The second kappa shape index (κ2) is 9.43. The molecule has 0 saturated carbocycles. The van der Waals surface area contributed by atoms with E-state index in [0.29, 0.717) is 11.3 Å².